The molecular formula is C53H33ClF11N7O5. The van der Waals surface area contributed by atoms with Crippen molar-refractivity contribution in [1.29, 1.82) is 10.5 Å². The van der Waals surface area contributed by atoms with Gasteiger partial charge in [-0.2, -0.15) is 50.0 Å². The van der Waals surface area contributed by atoms with Gasteiger partial charge in [-0.3, -0.25) is 14.4 Å². The van der Waals surface area contributed by atoms with Crippen molar-refractivity contribution in [3.63, 3.8) is 0 Å². The van der Waals surface area contributed by atoms with Crippen LogP contribution in [0.4, 0.5) is 59.7 Å². The molecule has 3 N–H and O–H groups in total. The predicted molar refractivity (Wildman–Crippen MR) is 255 cm³/mol. The van der Waals surface area contributed by atoms with Gasteiger partial charge in [0.05, 0.1) is 51.2 Å². The van der Waals surface area contributed by atoms with Crippen LogP contribution in [0.25, 0.3) is 33.3 Å². The van der Waals surface area contributed by atoms with Crippen molar-refractivity contribution < 1.29 is 72.6 Å². The fourth-order valence-electron chi connectivity index (χ4n) is 8.00. The number of benzene rings is 5. The third-order valence-corrected chi connectivity index (χ3v) is 11.9. The number of nitrogens with one attached hydrogen (secondary N) is 2. The number of aromatic carboxylic acids is 1. The molecule has 1 fully saturated rings. The lowest BCUT2D eigenvalue weighted by molar-refractivity contribution is -0.143. The number of nitriles is 2. The lowest BCUT2D eigenvalue weighted by atomic mass is 9.93. The maximum Gasteiger partial charge on any atom is 0.434 e. The number of carboxylic acid groups (broad SMARTS) is 1. The maximum atomic E-state index is 14.3. The second-order valence-corrected chi connectivity index (χ2v) is 17.4. The van der Waals surface area contributed by atoms with E-state index in [1.165, 1.54) is 24.3 Å². The number of Topliss-reactive ketones (excluding diaryl/α,β-unsaturated/α-hetero) is 1. The van der Waals surface area contributed by atoms with Crippen LogP contribution in [-0.4, -0.2) is 43.6 Å². The number of aromatic nitrogens is 3. The molecule has 2 aliphatic carbocycles. The minimum Gasteiger partial charge on any atom is -0.478 e. The predicted octanol–water partition coefficient (Wildman–Crippen LogP) is 13.1. The summed E-state index contributed by atoms with van der Waals surface area (Å²) in [6.45, 7) is 0. The van der Waals surface area contributed by atoms with Crippen LogP contribution in [0.15, 0.2) is 109 Å². The highest BCUT2D eigenvalue weighted by Crippen LogP contribution is 2.41. The minimum absolute atomic E-state index is 0.112. The van der Waals surface area contributed by atoms with Crippen molar-refractivity contribution in [2.45, 2.75) is 50.6 Å². The van der Waals surface area contributed by atoms with Gasteiger partial charge in [-0.15, -0.1) is 0 Å². The van der Waals surface area contributed by atoms with E-state index >= 15 is 0 Å². The highest BCUT2D eigenvalue weighted by molar-refractivity contribution is 6.28. The topological polar surface area (TPSA) is 199 Å². The van der Waals surface area contributed by atoms with E-state index in [0.29, 0.717) is 51.6 Å². The molecule has 0 saturated heterocycles. The van der Waals surface area contributed by atoms with Crippen molar-refractivity contribution in [2.75, 3.05) is 10.6 Å². The normalized spacial score (nSPS) is 13.3. The Bertz CT molecular complexity index is 3520. The Morgan fingerprint density at radius 2 is 1.39 bits per heavy atom. The van der Waals surface area contributed by atoms with Gasteiger partial charge in [-0.05, 0) is 127 Å². The van der Waals surface area contributed by atoms with Gasteiger partial charge in [-0.25, -0.2) is 28.5 Å². The Morgan fingerprint density at radius 3 is 1.97 bits per heavy atom. The quantitative estimate of drug-likeness (QED) is 0.0747. The molecule has 24 heteroatoms. The Hall–Kier alpha value is -8.83. The van der Waals surface area contributed by atoms with Crippen LogP contribution >= 0.6 is 11.6 Å². The van der Waals surface area contributed by atoms with Crippen molar-refractivity contribution in [3.05, 3.63) is 171 Å². The Labute approximate surface area is 432 Å². The molecule has 77 heavy (non-hydrogen) atoms. The average Bonchev–Trinajstić information content (AvgIpc) is 4.25. The first-order valence-corrected chi connectivity index (χ1v) is 22.8. The molecule has 394 valence electrons. The van der Waals surface area contributed by atoms with Gasteiger partial charge in [0.1, 0.15) is 11.6 Å². The summed E-state index contributed by atoms with van der Waals surface area (Å²) in [6, 6.07) is 26.4. The lowest BCUT2D eigenvalue weighted by Crippen LogP contribution is -2.29. The number of carbonyl (C=O) groups excluding carboxylic acids is 3. The molecule has 2 aromatic heterocycles. The zero-order valence-corrected chi connectivity index (χ0v) is 39.7. The number of fused-ring (bicyclic) bond motifs is 4. The van der Waals surface area contributed by atoms with E-state index in [0.717, 1.165) is 42.4 Å². The van der Waals surface area contributed by atoms with E-state index in [-0.39, 0.29) is 41.3 Å². The number of rotatable bonds is 8. The van der Waals surface area contributed by atoms with Crippen molar-refractivity contribution in [3.8, 4) is 34.5 Å². The van der Waals surface area contributed by atoms with Gasteiger partial charge in [-0.1, -0.05) is 36.4 Å². The van der Waals surface area contributed by atoms with Crippen LogP contribution in [0.1, 0.15) is 73.5 Å². The van der Waals surface area contributed by atoms with E-state index in [1.54, 1.807) is 53.9 Å². The molecule has 2 aliphatic rings. The van der Waals surface area contributed by atoms with E-state index in [1.807, 2.05) is 24.3 Å². The SMILES string of the molecule is N#Cc1ccc(NC(=O)C(C#N)C(=O)C2CC2)cc1.O=C(Nc1cc(C(F)(F)F)cc(C(F)(F)F)c1)c1cnc(Cl)nc1C(F)(F)F.O=C(O)c1c2c(nc3ccc(F)cc13)-c1ccc(-c3ccccc3F)cc1CCC2. The number of alkyl halides is 9. The summed E-state index contributed by atoms with van der Waals surface area (Å²) in [5, 5.41) is 31.0. The number of pyridine rings is 1. The molecular weight excluding hydrogens is 1060 g/mol. The third kappa shape index (κ3) is 13.4. The summed E-state index contributed by atoms with van der Waals surface area (Å²) in [5.41, 5.74) is -1.74. The van der Waals surface area contributed by atoms with Crippen molar-refractivity contribution in [1.82, 2.24) is 15.0 Å². The summed E-state index contributed by atoms with van der Waals surface area (Å²) >= 11 is 5.23. The van der Waals surface area contributed by atoms with Crippen LogP contribution in [0.5, 0.6) is 0 Å². The zero-order chi connectivity index (χ0) is 56.1. The number of carbonyl (C=O) groups is 4. The van der Waals surface area contributed by atoms with E-state index in [9.17, 15) is 72.6 Å². The molecule has 2 heterocycles. The summed E-state index contributed by atoms with van der Waals surface area (Å²) in [5.74, 6) is -5.83. The van der Waals surface area contributed by atoms with Gasteiger partial charge in [0, 0.05) is 40.0 Å². The van der Waals surface area contributed by atoms with E-state index in [2.05, 4.69) is 15.3 Å². The van der Waals surface area contributed by atoms with Crippen LogP contribution in [0.2, 0.25) is 5.28 Å². The van der Waals surface area contributed by atoms with Crippen LogP contribution < -0.4 is 10.6 Å². The maximum absolute atomic E-state index is 14.3. The third-order valence-electron chi connectivity index (χ3n) is 11.7. The highest BCUT2D eigenvalue weighted by Gasteiger charge is 2.41. The first-order valence-electron chi connectivity index (χ1n) is 22.5. The second-order valence-electron chi connectivity index (χ2n) is 17.1. The van der Waals surface area contributed by atoms with Gasteiger partial charge in [0.25, 0.3) is 5.91 Å². The summed E-state index contributed by atoms with van der Waals surface area (Å²) < 4.78 is 144. The number of nitrogens with zero attached hydrogens (tertiary/aromatic N) is 5. The number of halogens is 12. The molecule has 1 atom stereocenters. The van der Waals surface area contributed by atoms with E-state index < -0.39 is 81.4 Å². The minimum atomic E-state index is -5.21. The molecule has 0 radical (unpaired) electrons. The Kier molecular flexibility index (Phi) is 16.4. The van der Waals surface area contributed by atoms with Gasteiger partial charge < -0.3 is 15.7 Å². The molecule has 0 aliphatic heterocycles. The summed E-state index contributed by atoms with van der Waals surface area (Å²) in [4.78, 5) is 58.4. The molecule has 7 aromatic rings. The second kappa shape index (κ2) is 22.6. The number of hydrogen-bond acceptors (Lipinski definition) is 9. The zero-order valence-electron chi connectivity index (χ0n) is 38.9. The molecule has 12 nitrogen and oxygen atoms in total. The summed E-state index contributed by atoms with van der Waals surface area (Å²) in [6.07, 6.45) is -11.8. The van der Waals surface area contributed by atoms with Gasteiger partial charge in [0.15, 0.2) is 17.4 Å². The first kappa shape index (κ1) is 55.9. The number of carboxylic acids is 1. The molecule has 2 amide bonds. The number of ketones is 1. The molecule has 1 saturated carbocycles. The van der Waals surface area contributed by atoms with Crippen LogP contribution in [0, 0.1) is 46.1 Å². The van der Waals surface area contributed by atoms with Crippen molar-refractivity contribution in [2.24, 2.45) is 11.8 Å². The fraction of sp³-hybridized carbons (Fsp3) is 0.189. The molecule has 0 spiro atoms. The van der Waals surface area contributed by atoms with Gasteiger partial charge >= 0.3 is 24.5 Å². The standard InChI is InChI=1S/C25H17F2NO2.C14H5ClF9N3O.C14H11N3O2/c26-16-9-11-22-20(13-16)23(25(29)30)19-6-3-4-14-12-15(8-10-18(14)24(19)28-22)17-5-1-2-7-21(17)27;15-11-25-4-8(9(27-11)14(22,23)24)10(28)26-7-2-5(12(16,17)18)1-6(3-7)13(19,20)21;15-7-9-1-5-11(6-2-9)17-14(19)12(8-16)13(18)10-3-4-10/h1-2,5,7-13H,3-4,6H2,(H,29,30);1-4H,(H,26,28);1-2,5-6,10,12H,3-4H2,(H,17,19). The van der Waals surface area contributed by atoms with E-state index in [4.69, 9.17) is 27.1 Å². The highest BCUT2D eigenvalue weighted by atomic mass is 35.5. The number of aryl methyl sites for hydroxylation is 1. The number of anilines is 2. The van der Waals surface area contributed by atoms with Gasteiger partial charge in [0.2, 0.25) is 11.2 Å². The smallest absolute Gasteiger partial charge is 0.434 e. The van der Waals surface area contributed by atoms with Crippen LogP contribution in [0.3, 0.4) is 0 Å². The average molecular weight is 1090 g/mol. The largest absolute Gasteiger partial charge is 0.478 e. The first-order chi connectivity index (χ1) is 36.3. The molecule has 0 bridgehead atoms. The Balaban J connectivity index is 0.000000172. The summed E-state index contributed by atoms with van der Waals surface area (Å²) in [7, 11) is 0. The number of hydrogen-bond donors (Lipinski definition) is 3. The number of amides is 2. The fourth-order valence-corrected chi connectivity index (χ4v) is 8.13. The molecule has 1 unspecified atom stereocenters. The Morgan fingerprint density at radius 1 is 0.727 bits per heavy atom. The molecule has 9 rings (SSSR count). The van der Waals surface area contributed by atoms with Crippen molar-refractivity contribution >= 4 is 57.4 Å². The lowest BCUT2D eigenvalue weighted by Gasteiger charge is -2.15. The molecule has 5 aromatic carbocycles. The van der Waals surface area contributed by atoms with Crippen LogP contribution in [-0.2, 0) is 41.0 Å². The monoisotopic (exact) mass is 1090 g/mol.